The Hall–Kier alpha value is -1.84. The van der Waals surface area contributed by atoms with Crippen LogP contribution in [0, 0.1) is 0 Å². The number of aromatic nitrogens is 1. The molecular weight excluding hydrogens is 412 g/mol. The topological polar surface area (TPSA) is 100.0 Å². The van der Waals surface area contributed by atoms with Gasteiger partial charge in [-0.1, -0.05) is 43.0 Å². The van der Waals surface area contributed by atoms with E-state index in [4.69, 9.17) is 9.84 Å². The summed E-state index contributed by atoms with van der Waals surface area (Å²) in [5, 5.41) is 20.9. The summed E-state index contributed by atoms with van der Waals surface area (Å²) in [6.07, 6.45) is 9.21. The molecular formula is C20H28N2O5S2. The highest BCUT2D eigenvalue weighted by atomic mass is 32.2. The van der Waals surface area contributed by atoms with Gasteiger partial charge in [-0.2, -0.15) is 0 Å². The van der Waals surface area contributed by atoms with Gasteiger partial charge < -0.3 is 14.9 Å². The van der Waals surface area contributed by atoms with E-state index in [2.05, 4.69) is 11.9 Å². The lowest BCUT2D eigenvalue weighted by molar-refractivity contribution is 0.0660. The van der Waals surface area contributed by atoms with Crippen molar-refractivity contribution < 1.29 is 24.5 Å². The van der Waals surface area contributed by atoms with Gasteiger partial charge in [0.1, 0.15) is 6.10 Å². The van der Waals surface area contributed by atoms with Gasteiger partial charge in [0, 0.05) is 17.7 Å². The molecule has 1 unspecified atom stereocenters. The molecule has 2 N–H and O–H groups in total. The van der Waals surface area contributed by atoms with Crippen molar-refractivity contribution in [2.45, 2.75) is 62.1 Å². The molecule has 2 rings (SSSR count). The van der Waals surface area contributed by atoms with Crippen LogP contribution in [0.5, 0.6) is 0 Å². The lowest BCUT2D eigenvalue weighted by Gasteiger charge is -2.22. The quantitative estimate of drug-likeness (QED) is 0.393. The number of carboxylic acid groups (broad SMARTS) is 1. The molecule has 1 saturated heterocycles. The molecule has 1 aromatic rings. The van der Waals surface area contributed by atoms with Gasteiger partial charge in [0.2, 0.25) is 0 Å². The maximum Gasteiger partial charge on any atom is 0.410 e. The van der Waals surface area contributed by atoms with E-state index in [9.17, 15) is 14.7 Å². The molecule has 0 spiro atoms. The first kappa shape index (κ1) is 23.4. The standard InChI is InChI=1S/C20H28N2O5S2/c1-4-5-6-9-20(3,26)10-7-8-16-14(2)27-19(25)22(16)11-12-28-18-21-15(13-29-18)17(23)24/h5-8,13-14,16,26H,4,9-12H2,1-3H3,(H,23,24)/t14-,16-,20?/m0/s1. The van der Waals surface area contributed by atoms with Crippen molar-refractivity contribution in [2.75, 3.05) is 12.3 Å². The van der Waals surface area contributed by atoms with Gasteiger partial charge in [0.05, 0.1) is 11.6 Å². The Bertz CT molecular complexity index is 760. The van der Waals surface area contributed by atoms with Gasteiger partial charge >= 0.3 is 12.1 Å². The molecule has 9 heteroatoms. The van der Waals surface area contributed by atoms with E-state index in [1.807, 2.05) is 31.2 Å². The Labute approximate surface area is 179 Å². The number of thioether (sulfide) groups is 1. The lowest BCUT2D eigenvalue weighted by atomic mass is 9.96. The Kier molecular flexibility index (Phi) is 8.73. The average Bonchev–Trinajstić information content (AvgIpc) is 3.21. The minimum Gasteiger partial charge on any atom is -0.476 e. The zero-order valence-corrected chi connectivity index (χ0v) is 18.5. The van der Waals surface area contributed by atoms with Gasteiger partial charge in [-0.25, -0.2) is 14.6 Å². The number of aliphatic hydroxyl groups is 1. The average molecular weight is 441 g/mol. The van der Waals surface area contributed by atoms with Crippen molar-refractivity contribution in [3.05, 3.63) is 35.4 Å². The number of hydrogen-bond donors (Lipinski definition) is 2. The molecule has 0 bridgehead atoms. The molecule has 0 radical (unpaired) electrons. The molecule has 160 valence electrons. The lowest BCUT2D eigenvalue weighted by Crippen LogP contribution is -2.36. The molecule has 1 amide bonds. The Balaban J connectivity index is 1.89. The monoisotopic (exact) mass is 440 g/mol. The first-order valence-electron chi connectivity index (χ1n) is 9.56. The Morgan fingerprint density at radius 1 is 1.41 bits per heavy atom. The number of carbonyl (C=O) groups is 2. The Morgan fingerprint density at radius 3 is 2.79 bits per heavy atom. The molecule has 0 aromatic carbocycles. The second-order valence-corrected chi connectivity index (χ2v) is 9.34. The molecule has 0 saturated carbocycles. The van der Waals surface area contributed by atoms with Crippen molar-refractivity contribution in [3.63, 3.8) is 0 Å². The molecule has 29 heavy (non-hydrogen) atoms. The summed E-state index contributed by atoms with van der Waals surface area (Å²) in [5.41, 5.74) is -0.796. The van der Waals surface area contributed by atoms with Gasteiger partial charge in [-0.3, -0.25) is 4.90 Å². The smallest absolute Gasteiger partial charge is 0.410 e. The van der Waals surface area contributed by atoms with Gasteiger partial charge in [0.25, 0.3) is 0 Å². The molecule has 7 nitrogen and oxygen atoms in total. The number of ether oxygens (including phenoxy) is 1. The molecule has 2 heterocycles. The number of carbonyl (C=O) groups excluding carboxylic acids is 1. The van der Waals surface area contributed by atoms with Crippen LogP contribution in [0.1, 0.15) is 50.5 Å². The van der Waals surface area contributed by atoms with E-state index in [0.717, 1.165) is 6.42 Å². The van der Waals surface area contributed by atoms with Crippen LogP contribution in [0.15, 0.2) is 34.0 Å². The minimum atomic E-state index is -1.05. The molecule has 1 aliphatic rings. The van der Waals surface area contributed by atoms with Crippen LogP contribution in [-0.2, 0) is 4.74 Å². The van der Waals surface area contributed by atoms with E-state index < -0.39 is 11.6 Å². The molecule has 1 aliphatic heterocycles. The minimum absolute atomic E-state index is 0.0355. The summed E-state index contributed by atoms with van der Waals surface area (Å²) >= 11 is 2.69. The highest BCUT2D eigenvalue weighted by Gasteiger charge is 2.37. The molecule has 0 aliphatic carbocycles. The zero-order chi connectivity index (χ0) is 21.4. The van der Waals surface area contributed by atoms with Crippen molar-refractivity contribution >= 4 is 35.2 Å². The van der Waals surface area contributed by atoms with Gasteiger partial charge in [-0.05, 0) is 33.1 Å². The van der Waals surface area contributed by atoms with Gasteiger partial charge in [-0.15, -0.1) is 11.3 Å². The summed E-state index contributed by atoms with van der Waals surface area (Å²) in [6.45, 7) is 6.16. The van der Waals surface area contributed by atoms with Crippen LogP contribution in [-0.4, -0.2) is 62.2 Å². The first-order valence-corrected chi connectivity index (χ1v) is 11.4. The van der Waals surface area contributed by atoms with Gasteiger partial charge in [0.15, 0.2) is 10.0 Å². The summed E-state index contributed by atoms with van der Waals surface area (Å²) in [4.78, 5) is 28.8. The molecule has 1 aromatic heterocycles. The predicted octanol–water partition coefficient (Wildman–Crippen LogP) is 4.20. The zero-order valence-electron chi connectivity index (χ0n) is 16.9. The summed E-state index contributed by atoms with van der Waals surface area (Å²) in [6, 6.07) is -0.198. The van der Waals surface area contributed by atoms with Crippen LogP contribution >= 0.6 is 23.1 Å². The normalized spacial score (nSPS) is 21.8. The van der Waals surface area contributed by atoms with Crippen LogP contribution in [0.2, 0.25) is 0 Å². The summed E-state index contributed by atoms with van der Waals surface area (Å²) < 4.78 is 6.01. The van der Waals surface area contributed by atoms with Crippen molar-refractivity contribution in [1.29, 1.82) is 0 Å². The van der Waals surface area contributed by atoms with E-state index in [1.165, 1.54) is 28.5 Å². The second kappa shape index (κ2) is 10.8. The third-order valence-corrected chi connectivity index (χ3v) is 6.47. The number of allylic oxidation sites excluding steroid dienone is 1. The van der Waals surface area contributed by atoms with E-state index >= 15 is 0 Å². The largest absolute Gasteiger partial charge is 0.476 e. The number of hydrogen-bond acceptors (Lipinski definition) is 7. The predicted molar refractivity (Wildman–Crippen MR) is 115 cm³/mol. The van der Waals surface area contributed by atoms with Crippen LogP contribution < -0.4 is 0 Å². The number of nitrogens with zero attached hydrogens (tertiary/aromatic N) is 2. The highest BCUT2D eigenvalue weighted by Crippen LogP contribution is 2.26. The highest BCUT2D eigenvalue weighted by molar-refractivity contribution is 8.01. The van der Waals surface area contributed by atoms with Crippen LogP contribution in [0.25, 0.3) is 0 Å². The number of amides is 1. The maximum absolute atomic E-state index is 12.2. The second-order valence-electron chi connectivity index (χ2n) is 7.14. The molecule has 3 atom stereocenters. The van der Waals surface area contributed by atoms with Crippen molar-refractivity contribution in [2.24, 2.45) is 0 Å². The SMILES string of the molecule is CCC=CCC(C)(O)CC=C[C@H]1[C@H](C)OC(=O)N1CCSc1nc(C(=O)O)cs1. The maximum atomic E-state index is 12.2. The Morgan fingerprint density at radius 2 is 2.14 bits per heavy atom. The van der Waals surface area contributed by atoms with Crippen LogP contribution in [0.3, 0.4) is 0 Å². The van der Waals surface area contributed by atoms with Crippen molar-refractivity contribution in [3.8, 4) is 0 Å². The fourth-order valence-corrected chi connectivity index (χ4v) is 4.68. The van der Waals surface area contributed by atoms with E-state index in [1.54, 1.807) is 11.8 Å². The number of rotatable bonds is 11. The van der Waals surface area contributed by atoms with E-state index in [-0.39, 0.29) is 23.9 Å². The summed E-state index contributed by atoms with van der Waals surface area (Å²) in [5.74, 6) is -0.463. The number of thiazole rings is 1. The first-order chi connectivity index (χ1) is 13.7. The summed E-state index contributed by atoms with van der Waals surface area (Å²) in [7, 11) is 0. The van der Waals surface area contributed by atoms with E-state index in [0.29, 0.717) is 29.5 Å². The van der Waals surface area contributed by atoms with Crippen molar-refractivity contribution in [1.82, 2.24) is 9.88 Å². The number of cyclic esters (lactones) is 1. The number of aromatic carboxylic acids is 1. The molecule has 1 fully saturated rings. The third kappa shape index (κ3) is 7.17. The number of carboxylic acids is 1. The third-order valence-electron chi connectivity index (χ3n) is 4.47. The fourth-order valence-electron chi connectivity index (χ4n) is 2.87. The van der Waals surface area contributed by atoms with Crippen LogP contribution in [0.4, 0.5) is 4.79 Å². The fraction of sp³-hybridized carbons (Fsp3) is 0.550.